The molecule has 0 saturated carbocycles. The second-order valence-electron chi connectivity index (χ2n) is 8.28. The fraction of sp³-hybridized carbons (Fsp3) is 0.174. The molecule has 5 aromatic rings. The number of benzene rings is 1. The number of hydrogen-bond donors (Lipinski definition) is 1. The average Bonchev–Trinajstić information content (AvgIpc) is 3.56. The number of furan rings is 1. The van der Waals surface area contributed by atoms with Crippen LogP contribution in [0.1, 0.15) is 30.4 Å². The van der Waals surface area contributed by atoms with E-state index in [-0.39, 0.29) is 16.8 Å². The number of nitrogens with two attached hydrogens (primary N) is 1. The quantitative estimate of drug-likeness (QED) is 0.380. The molecule has 4 aromatic heterocycles. The molecule has 35 heavy (non-hydrogen) atoms. The highest BCUT2D eigenvalue weighted by Gasteiger charge is 2.25. The number of imidazole rings is 1. The predicted molar refractivity (Wildman–Crippen MR) is 128 cm³/mol. The molecule has 0 unspecified atom stereocenters. The summed E-state index contributed by atoms with van der Waals surface area (Å²) < 4.78 is 33.2. The zero-order chi connectivity index (χ0) is 24.9. The van der Waals surface area contributed by atoms with Gasteiger partial charge in [-0.1, -0.05) is 12.1 Å². The molecule has 0 aliphatic rings. The Morgan fingerprint density at radius 3 is 2.51 bits per heavy atom. The lowest BCUT2D eigenvalue weighted by Gasteiger charge is -2.11. The normalized spacial score (nSPS) is 12.0. The van der Waals surface area contributed by atoms with Crippen LogP contribution in [0.5, 0.6) is 0 Å². The lowest BCUT2D eigenvalue weighted by molar-refractivity contribution is 0.0977. The first-order valence-corrected chi connectivity index (χ1v) is 12.5. The largest absolute Gasteiger partial charge is 0.450 e. The van der Waals surface area contributed by atoms with Crippen LogP contribution in [0.25, 0.3) is 39.4 Å². The predicted octanol–water partition coefficient (Wildman–Crippen LogP) is 3.02. The minimum absolute atomic E-state index is 0.0640. The van der Waals surface area contributed by atoms with Gasteiger partial charge in [-0.25, -0.2) is 18.4 Å². The second kappa shape index (κ2) is 8.17. The number of aromatic nitrogens is 6. The van der Waals surface area contributed by atoms with Gasteiger partial charge in [-0.05, 0) is 38.1 Å². The van der Waals surface area contributed by atoms with Gasteiger partial charge < -0.3 is 19.3 Å². The highest BCUT2D eigenvalue weighted by Crippen LogP contribution is 2.38. The van der Waals surface area contributed by atoms with Gasteiger partial charge >= 0.3 is 0 Å². The lowest BCUT2D eigenvalue weighted by atomic mass is 10.0. The molecule has 0 atom stereocenters. The van der Waals surface area contributed by atoms with Crippen molar-refractivity contribution in [2.75, 3.05) is 6.26 Å². The molecule has 11 nitrogen and oxygen atoms in total. The zero-order valence-corrected chi connectivity index (χ0v) is 19.9. The van der Waals surface area contributed by atoms with Gasteiger partial charge in [0.1, 0.15) is 23.9 Å². The minimum atomic E-state index is -3.51. The van der Waals surface area contributed by atoms with Crippen molar-refractivity contribution in [3.8, 4) is 28.5 Å². The number of carbonyl (C=O) groups excluding carboxylic acids is 1. The van der Waals surface area contributed by atoms with E-state index in [1.165, 1.54) is 12.5 Å². The van der Waals surface area contributed by atoms with Gasteiger partial charge in [-0.2, -0.15) is 0 Å². The maximum absolute atomic E-state index is 12.4. The van der Waals surface area contributed by atoms with Crippen LogP contribution >= 0.6 is 0 Å². The van der Waals surface area contributed by atoms with Gasteiger partial charge in [0.25, 0.3) is 5.91 Å². The Kier molecular flexibility index (Phi) is 5.24. The Bertz CT molecular complexity index is 1700. The van der Waals surface area contributed by atoms with E-state index in [1.807, 2.05) is 18.4 Å². The van der Waals surface area contributed by atoms with E-state index >= 15 is 0 Å². The summed E-state index contributed by atoms with van der Waals surface area (Å²) in [5, 5.41) is 8.67. The van der Waals surface area contributed by atoms with E-state index in [9.17, 15) is 13.2 Å². The van der Waals surface area contributed by atoms with Crippen LogP contribution in [0.3, 0.4) is 0 Å². The van der Waals surface area contributed by atoms with Crippen LogP contribution in [0.2, 0.25) is 0 Å². The summed E-state index contributed by atoms with van der Waals surface area (Å²) in [5.41, 5.74) is 7.99. The van der Waals surface area contributed by atoms with Crippen LogP contribution in [0.4, 0.5) is 0 Å². The Morgan fingerprint density at radius 2 is 1.83 bits per heavy atom. The van der Waals surface area contributed by atoms with Gasteiger partial charge in [0, 0.05) is 18.5 Å². The van der Waals surface area contributed by atoms with Crippen LogP contribution in [0, 0.1) is 0 Å². The molecule has 0 spiro atoms. The highest BCUT2D eigenvalue weighted by atomic mass is 32.2. The number of pyridine rings is 1. The molecule has 0 aliphatic heterocycles. The molecule has 12 heteroatoms. The van der Waals surface area contributed by atoms with E-state index in [4.69, 9.17) is 15.1 Å². The third kappa shape index (κ3) is 3.87. The Labute approximate surface area is 200 Å². The fourth-order valence-electron chi connectivity index (χ4n) is 3.89. The highest BCUT2D eigenvalue weighted by molar-refractivity contribution is 7.90. The summed E-state index contributed by atoms with van der Waals surface area (Å²) in [6.45, 7) is 4.02. The molecule has 0 aliphatic carbocycles. The van der Waals surface area contributed by atoms with Crippen LogP contribution in [-0.2, 0) is 9.84 Å². The molecule has 2 N–H and O–H groups in total. The van der Waals surface area contributed by atoms with E-state index in [0.717, 1.165) is 6.26 Å². The maximum atomic E-state index is 12.4. The van der Waals surface area contributed by atoms with E-state index < -0.39 is 15.7 Å². The fourth-order valence-corrected chi connectivity index (χ4v) is 4.44. The molecule has 1 amide bonds. The molecule has 0 bridgehead atoms. The van der Waals surface area contributed by atoms with Gasteiger partial charge in [-0.3, -0.25) is 4.79 Å². The number of rotatable bonds is 6. The third-order valence-corrected chi connectivity index (χ3v) is 6.47. The molecule has 4 heterocycles. The average molecular weight is 492 g/mol. The van der Waals surface area contributed by atoms with Gasteiger partial charge in [0.05, 0.1) is 22.3 Å². The van der Waals surface area contributed by atoms with Crippen molar-refractivity contribution in [3.05, 3.63) is 61.0 Å². The van der Waals surface area contributed by atoms with Crippen molar-refractivity contribution in [1.29, 1.82) is 0 Å². The Morgan fingerprint density at radius 1 is 1.09 bits per heavy atom. The summed E-state index contributed by atoms with van der Waals surface area (Å²) in [4.78, 5) is 21.2. The molecule has 0 saturated heterocycles. The van der Waals surface area contributed by atoms with Crippen molar-refractivity contribution in [2.45, 2.75) is 24.9 Å². The van der Waals surface area contributed by atoms with E-state index in [0.29, 0.717) is 39.4 Å². The third-order valence-electron chi connectivity index (χ3n) is 5.50. The summed E-state index contributed by atoms with van der Waals surface area (Å²) in [6, 6.07) is 10.6. The molecule has 178 valence electrons. The Hall–Kier alpha value is -4.32. The summed E-state index contributed by atoms with van der Waals surface area (Å²) >= 11 is 0. The number of amides is 1. The molecular weight excluding hydrogens is 470 g/mol. The lowest BCUT2D eigenvalue weighted by Crippen LogP contribution is -2.11. The van der Waals surface area contributed by atoms with E-state index in [1.54, 1.807) is 47.3 Å². The minimum Gasteiger partial charge on any atom is -0.450 e. The number of carbonyl (C=O) groups is 1. The first-order chi connectivity index (χ1) is 16.6. The number of fused-ring (bicyclic) bond motifs is 1. The zero-order valence-electron chi connectivity index (χ0n) is 19.1. The van der Waals surface area contributed by atoms with Gasteiger partial charge in [-0.15, -0.1) is 10.2 Å². The van der Waals surface area contributed by atoms with Crippen molar-refractivity contribution in [3.63, 3.8) is 0 Å². The molecule has 0 radical (unpaired) electrons. The topological polar surface area (TPSA) is 152 Å². The molecular formula is C23H21N7O4S. The van der Waals surface area contributed by atoms with Gasteiger partial charge in [0.15, 0.2) is 20.7 Å². The Balaban J connectivity index is 1.77. The number of sulfone groups is 1. The maximum Gasteiger partial charge on any atom is 0.285 e. The molecule has 0 fully saturated rings. The number of nitrogens with zero attached hydrogens (tertiary/aromatic N) is 6. The monoisotopic (exact) mass is 491 g/mol. The van der Waals surface area contributed by atoms with Gasteiger partial charge in [0.2, 0.25) is 5.76 Å². The first-order valence-electron chi connectivity index (χ1n) is 10.6. The van der Waals surface area contributed by atoms with E-state index in [2.05, 4.69) is 15.2 Å². The smallest absolute Gasteiger partial charge is 0.285 e. The van der Waals surface area contributed by atoms with Crippen LogP contribution in [0.15, 0.2) is 64.7 Å². The van der Waals surface area contributed by atoms with Crippen molar-refractivity contribution in [1.82, 2.24) is 29.3 Å². The SMILES string of the molecule is CC(C)n1cnnc1-c1cccc(-c2c(C(N)=O)oc3cccc(-n4cnc(S(C)(=O)=O)c4)c23)n1. The van der Waals surface area contributed by atoms with Crippen molar-refractivity contribution >= 4 is 26.7 Å². The van der Waals surface area contributed by atoms with Crippen molar-refractivity contribution in [2.24, 2.45) is 5.73 Å². The number of primary amides is 1. The molecule has 1 aromatic carbocycles. The molecule has 5 rings (SSSR count). The summed E-state index contributed by atoms with van der Waals surface area (Å²) in [7, 11) is -3.51. The van der Waals surface area contributed by atoms with Crippen molar-refractivity contribution < 1.29 is 17.6 Å². The first kappa shape index (κ1) is 22.5. The number of hydrogen-bond acceptors (Lipinski definition) is 8. The van der Waals surface area contributed by atoms with Crippen LogP contribution < -0.4 is 5.73 Å². The van der Waals surface area contributed by atoms with Crippen LogP contribution in [-0.4, -0.2) is 49.9 Å². The standard InChI is InChI=1S/C23H21N7O4S/c1-13(2)30-12-26-28-23(30)15-7-4-6-14(27-15)19-20-16(29-10-18(25-11-29)35(3,32)33)8-5-9-17(20)34-21(19)22(24)31/h4-13H,1-3H3,(H2,24,31). The second-order valence-corrected chi connectivity index (χ2v) is 10.2. The summed E-state index contributed by atoms with van der Waals surface area (Å²) in [5.74, 6) is -0.254. The summed E-state index contributed by atoms with van der Waals surface area (Å²) in [6.07, 6.45) is 5.51.